The number of ether oxygens (including phenoxy) is 1. The molecule has 0 unspecified atom stereocenters. The smallest absolute Gasteiger partial charge is 0.249 e. The molecule has 1 amide bonds. The summed E-state index contributed by atoms with van der Waals surface area (Å²) >= 11 is 0. The zero-order chi connectivity index (χ0) is 35.0. The number of pyridine rings is 1. The molecule has 4 rings (SSSR count). The lowest BCUT2D eigenvalue weighted by atomic mass is 9.89. The quantitative estimate of drug-likeness (QED) is 0.257. The van der Waals surface area contributed by atoms with Crippen LogP contribution in [0.1, 0.15) is 115 Å². The van der Waals surface area contributed by atoms with Crippen LogP contribution < -0.4 is 4.74 Å². The molecule has 0 saturated heterocycles. The maximum atomic E-state index is 12.5. The molecule has 1 aromatic carbocycles. The van der Waals surface area contributed by atoms with Crippen molar-refractivity contribution in [3.05, 3.63) is 59.4 Å². The molecule has 2 aliphatic carbocycles. The molecule has 0 aliphatic heterocycles. The van der Waals surface area contributed by atoms with E-state index in [-0.39, 0.29) is 6.42 Å². The molecule has 2 aromatic rings. The van der Waals surface area contributed by atoms with E-state index in [1.807, 2.05) is 52.0 Å². The number of halogens is 2. The van der Waals surface area contributed by atoms with Crippen LogP contribution in [0.2, 0.25) is 0 Å². The molecule has 46 heavy (non-hydrogen) atoms. The Morgan fingerprint density at radius 2 is 1.43 bits per heavy atom. The molecule has 0 bridgehead atoms. The van der Waals surface area contributed by atoms with Crippen LogP contribution in [0, 0.1) is 25.7 Å². The highest BCUT2D eigenvalue weighted by atomic mass is 19.3. The van der Waals surface area contributed by atoms with E-state index in [0.717, 1.165) is 62.1 Å². The van der Waals surface area contributed by atoms with Crippen molar-refractivity contribution < 1.29 is 27.9 Å². The predicted octanol–water partition coefficient (Wildman–Crippen LogP) is 9.39. The molecule has 0 N–H and O–H groups in total. The van der Waals surface area contributed by atoms with Crippen LogP contribution in [0.3, 0.4) is 0 Å². The van der Waals surface area contributed by atoms with Crippen molar-refractivity contribution in [3.63, 3.8) is 0 Å². The normalized spacial score (nSPS) is 17.3. The van der Waals surface area contributed by atoms with Crippen LogP contribution in [0.4, 0.5) is 8.78 Å². The van der Waals surface area contributed by atoms with Crippen molar-refractivity contribution in [3.8, 4) is 5.75 Å². The number of rotatable bonds is 10. The van der Waals surface area contributed by atoms with Crippen LogP contribution in [0.25, 0.3) is 0 Å². The fraction of sp³-hybridized carbons (Fsp3) is 0.632. The van der Waals surface area contributed by atoms with Gasteiger partial charge in [0.2, 0.25) is 11.8 Å². The van der Waals surface area contributed by atoms with Crippen molar-refractivity contribution in [2.75, 3.05) is 13.1 Å². The molecule has 1 aromatic heterocycles. The number of aryl methyl sites for hydroxylation is 2. The lowest BCUT2D eigenvalue weighted by Gasteiger charge is -2.26. The van der Waals surface area contributed by atoms with E-state index in [4.69, 9.17) is 14.3 Å². The second-order valence-corrected chi connectivity index (χ2v) is 12.7. The number of nitrogens with zero attached hydrogens (tertiary/aromatic N) is 2. The lowest BCUT2D eigenvalue weighted by Crippen LogP contribution is -2.33. The third-order valence-electron chi connectivity index (χ3n) is 8.03. The van der Waals surface area contributed by atoms with E-state index < -0.39 is 5.92 Å². The van der Waals surface area contributed by atoms with Crippen molar-refractivity contribution in [2.45, 2.75) is 131 Å². The van der Waals surface area contributed by atoms with Crippen LogP contribution in [0.15, 0.2) is 42.7 Å². The van der Waals surface area contributed by atoms with E-state index in [9.17, 15) is 13.6 Å². The van der Waals surface area contributed by atoms with Gasteiger partial charge in [-0.15, -0.1) is 0 Å². The molecular formula is C38H60F2N2O4. The van der Waals surface area contributed by atoms with Crippen molar-refractivity contribution >= 4 is 19.5 Å². The summed E-state index contributed by atoms with van der Waals surface area (Å²) < 4.78 is 30.9. The number of carbonyl (C=O) groups is 3. The van der Waals surface area contributed by atoms with Gasteiger partial charge in [-0.2, -0.15) is 0 Å². The molecule has 1 heterocycles. The second kappa shape index (κ2) is 25.0. The first-order valence-electron chi connectivity index (χ1n) is 16.9. The molecule has 2 fully saturated rings. The standard InChI is InChI=1S/C13H19NO.C13H25NO.C10H12F2.2CH2O/c1-10-3-5-12(6-4-10)15-13-7-11(2)8-14-9-13;1-3-9-14(10-4-2)13(15)11-12-7-5-6-8-12;1-8-3-5-9(6-4-8)7-10(2,11)12;2*1-2/h7-10,12H,3-6H2,1-2H3;12H,3-11H2,1-2H3;3-6H,7H2,1-2H3;2*1H2. The minimum Gasteiger partial charge on any atom is -0.489 e. The van der Waals surface area contributed by atoms with E-state index >= 15 is 0 Å². The van der Waals surface area contributed by atoms with E-state index in [1.54, 1.807) is 12.1 Å². The number of hydrogen-bond acceptors (Lipinski definition) is 5. The van der Waals surface area contributed by atoms with E-state index in [0.29, 0.717) is 23.5 Å². The SMILES string of the molecule is C=O.C=O.CCCN(CCC)C(=O)CC1CCCC1.Cc1ccc(CC(C)(F)F)cc1.Cc1cncc(OC2CCC(C)CC2)c1. The summed E-state index contributed by atoms with van der Waals surface area (Å²) in [7, 11) is 0. The van der Waals surface area contributed by atoms with Gasteiger partial charge in [-0.25, -0.2) is 8.78 Å². The minimum absolute atomic E-state index is 0.173. The third-order valence-corrected chi connectivity index (χ3v) is 8.03. The van der Waals surface area contributed by atoms with Crippen LogP contribution >= 0.6 is 0 Å². The van der Waals surface area contributed by atoms with Crippen LogP contribution in [-0.2, 0) is 20.8 Å². The lowest BCUT2D eigenvalue weighted by molar-refractivity contribution is -0.132. The zero-order valence-electron chi connectivity index (χ0n) is 29.4. The molecule has 260 valence electrons. The minimum atomic E-state index is -2.60. The van der Waals surface area contributed by atoms with Gasteiger partial charge in [-0.05, 0) is 101 Å². The summed E-state index contributed by atoms with van der Waals surface area (Å²) in [6.07, 6.45) is 17.1. The number of carbonyl (C=O) groups excluding carboxylic acids is 3. The maximum absolute atomic E-state index is 12.5. The Kier molecular flexibility index (Phi) is 23.3. The Hall–Kier alpha value is -3.16. The Labute approximate surface area is 277 Å². The molecule has 0 spiro atoms. The van der Waals surface area contributed by atoms with Crippen LogP contribution in [0.5, 0.6) is 5.75 Å². The number of aromatic nitrogens is 1. The summed E-state index contributed by atoms with van der Waals surface area (Å²) in [5, 5.41) is 0. The summed E-state index contributed by atoms with van der Waals surface area (Å²) in [6, 6.07) is 9.24. The summed E-state index contributed by atoms with van der Waals surface area (Å²) in [5.41, 5.74) is 2.95. The van der Waals surface area contributed by atoms with Gasteiger partial charge in [-0.1, -0.05) is 63.4 Å². The van der Waals surface area contributed by atoms with Gasteiger partial charge >= 0.3 is 0 Å². The highest BCUT2D eigenvalue weighted by Crippen LogP contribution is 2.28. The first-order chi connectivity index (χ1) is 22.0. The van der Waals surface area contributed by atoms with Gasteiger partial charge in [0, 0.05) is 32.1 Å². The van der Waals surface area contributed by atoms with Gasteiger partial charge in [0.25, 0.3) is 0 Å². The number of hydrogen-bond donors (Lipinski definition) is 0. The van der Waals surface area contributed by atoms with Crippen molar-refractivity contribution in [2.24, 2.45) is 11.8 Å². The van der Waals surface area contributed by atoms with Gasteiger partial charge in [0.15, 0.2) is 0 Å². The van der Waals surface area contributed by atoms with Gasteiger partial charge in [0.05, 0.1) is 12.3 Å². The Morgan fingerprint density at radius 1 is 0.891 bits per heavy atom. The molecule has 6 nitrogen and oxygen atoms in total. The number of alkyl halides is 2. The number of benzene rings is 1. The average Bonchev–Trinajstić information content (AvgIpc) is 3.54. The van der Waals surface area contributed by atoms with E-state index in [2.05, 4.69) is 36.7 Å². The van der Waals surface area contributed by atoms with Gasteiger partial charge < -0.3 is 19.2 Å². The Morgan fingerprint density at radius 3 is 1.91 bits per heavy atom. The fourth-order valence-electron chi connectivity index (χ4n) is 5.69. The molecular weight excluding hydrogens is 586 g/mol. The van der Waals surface area contributed by atoms with Gasteiger partial charge in [0.1, 0.15) is 19.3 Å². The molecule has 2 saturated carbocycles. The predicted molar refractivity (Wildman–Crippen MR) is 185 cm³/mol. The Balaban J connectivity index is 0.000000629. The summed E-state index contributed by atoms with van der Waals surface area (Å²) in [6.45, 7) is 17.4. The molecule has 0 radical (unpaired) electrons. The Bertz CT molecular complexity index is 1040. The van der Waals surface area contributed by atoms with Crippen LogP contribution in [-0.4, -0.2) is 54.5 Å². The van der Waals surface area contributed by atoms with Crippen molar-refractivity contribution in [1.82, 2.24) is 9.88 Å². The fourth-order valence-corrected chi connectivity index (χ4v) is 5.69. The number of amides is 1. The second-order valence-electron chi connectivity index (χ2n) is 12.7. The average molecular weight is 647 g/mol. The summed E-state index contributed by atoms with van der Waals surface area (Å²) in [5.74, 6) is 0.282. The maximum Gasteiger partial charge on any atom is 0.249 e. The zero-order valence-corrected chi connectivity index (χ0v) is 29.4. The topological polar surface area (TPSA) is 76.6 Å². The largest absolute Gasteiger partial charge is 0.489 e. The molecule has 8 heteroatoms. The monoisotopic (exact) mass is 646 g/mol. The van der Waals surface area contributed by atoms with Gasteiger partial charge in [-0.3, -0.25) is 9.78 Å². The molecule has 2 aliphatic rings. The first kappa shape index (κ1) is 42.8. The van der Waals surface area contributed by atoms with Crippen molar-refractivity contribution in [1.29, 1.82) is 0 Å². The van der Waals surface area contributed by atoms with E-state index in [1.165, 1.54) is 51.4 Å². The summed E-state index contributed by atoms with van der Waals surface area (Å²) in [4.78, 5) is 34.2. The highest BCUT2D eigenvalue weighted by Gasteiger charge is 2.22. The highest BCUT2D eigenvalue weighted by molar-refractivity contribution is 5.76. The molecule has 0 atom stereocenters. The third kappa shape index (κ3) is 20.1. The first-order valence-corrected chi connectivity index (χ1v) is 16.9.